The summed E-state index contributed by atoms with van der Waals surface area (Å²) in [6, 6.07) is 5.52. The number of hydrogen-bond donors (Lipinski definition) is 2. The third kappa shape index (κ3) is 2.37. The van der Waals surface area contributed by atoms with Gasteiger partial charge in [-0.1, -0.05) is 0 Å². The maximum Gasteiger partial charge on any atom is 0.180 e. The first-order valence-electron chi connectivity index (χ1n) is 5.40. The van der Waals surface area contributed by atoms with Crippen LogP contribution in [0.3, 0.4) is 0 Å². The quantitative estimate of drug-likeness (QED) is 0.483. The van der Waals surface area contributed by atoms with Crippen LogP contribution in [-0.4, -0.2) is 20.5 Å². The number of methoxy groups -OCH3 is 2. The second-order valence-electron chi connectivity index (χ2n) is 3.82. The molecule has 0 amide bonds. The molecule has 1 atom stereocenters. The molecule has 0 aliphatic heterocycles. The monoisotopic (exact) mass is 254 g/mol. The van der Waals surface area contributed by atoms with E-state index in [1.54, 1.807) is 12.1 Å². The Morgan fingerprint density at radius 2 is 2.00 bits per heavy atom. The highest BCUT2D eigenvalue weighted by molar-refractivity contribution is 5.78. The lowest BCUT2D eigenvalue weighted by molar-refractivity contribution is -0.127. The predicted molar refractivity (Wildman–Crippen MR) is 64.0 cm³/mol. The van der Waals surface area contributed by atoms with Gasteiger partial charge in [0.25, 0.3) is 0 Å². The maximum absolute atomic E-state index is 13.1. The summed E-state index contributed by atoms with van der Waals surface area (Å²) in [5, 5.41) is 0.663. The van der Waals surface area contributed by atoms with E-state index in [1.807, 2.05) is 0 Å². The van der Waals surface area contributed by atoms with E-state index in [4.69, 9.17) is 19.7 Å². The van der Waals surface area contributed by atoms with Crippen molar-refractivity contribution >= 4 is 11.0 Å². The Balaban J connectivity index is 2.39. The molecule has 0 radical (unpaired) electrons. The summed E-state index contributed by atoms with van der Waals surface area (Å²) in [5.41, 5.74) is 3.14. The summed E-state index contributed by atoms with van der Waals surface area (Å²) in [5.74, 6) is 5.67. The first-order valence-corrected chi connectivity index (χ1v) is 5.40. The molecule has 3 N–H and O–H groups in total. The molecule has 6 heteroatoms. The molecule has 0 spiro atoms. The number of nitrogens with one attached hydrogen (secondary N) is 1. The molecule has 98 valence electrons. The highest BCUT2D eigenvalue weighted by atomic mass is 19.1. The molecule has 2 aromatic rings. The van der Waals surface area contributed by atoms with Gasteiger partial charge in [-0.25, -0.2) is 9.82 Å². The summed E-state index contributed by atoms with van der Waals surface area (Å²) < 4.78 is 28.9. The van der Waals surface area contributed by atoms with Crippen molar-refractivity contribution < 1.29 is 18.3 Å². The van der Waals surface area contributed by atoms with Gasteiger partial charge in [-0.3, -0.25) is 5.84 Å². The van der Waals surface area contributed by atoms with Gasteiger partial charge in [-0.15, -0.1) is 0 Å². The number of ether oxygens (including phenoxy) is 2. The smallest absolute Gasteiger partial charge is 0.180 e. The average Bonchev–Trinajstić information content (AvgIpc) is 2.78. The van der Waals surface area contributed by atoms with E-state index in [0.717, 1.165) is 0 Å². The number of halogens is 1. The summed E-state index contributed by atoms with van der Waals surface area (Å²) in [4.78, 5) is 0. The molecule has 0 aliphatic rings. The fourth-order valence-corrected chi connectivity index (χ4v) is 1.85. The van der Waals surface area contributed by atoms with Gasteiger partial charge in [0.15, 0.2) is 6.29 Å². The molecule has 0 fully saturated rings. The second kappa shape index (κ2) is 5.45. The van der Waals surface area contributed by atoms with Crippen LogP contribution in [0.4, 0.5) is 4.39 Å². The summed E-state index contributed by atoms with van der Waals surface area (Å²) in [6.45, 7) is 0. The van der Waals surface area contributed by atoms with Crippen LogP contribution in [0.25, 0.3) is 11.0 Å². The van der Waals surface area contributed by atoms with Gasteiger partial charge < -0.3 is 13.9 Å². The zero-order valence-electron chi connectivity index (χ0n) is 10.1. The van der Waals surface area contributed by atoms with E-state index in [9.17, 15) is 4.39 Å². The Hall–Kier alpha value is -1.47. The third-order valence-electron chi connectivity index (χ3n) is 2.72. The van der Waals surface area contributed by atoms with Crippen molar-refractivity contribution in [3.05, 3.63) is 35.8 Å². The minimum atomic E-state index is -0.597. The van der Waals surface area contributed by atoms with Gasteiger partial charge in [0.1, 0.15) is 23.2 Å². The lowest BCUT2D eigenvalue weighted by atomic mass is 10.2. The predicted octanol–water partition coefficient (Wildman–Crippen LogP) is 1.70. The van der Waals surface area contributed by atoms with E-state index < -0.39 is 12.3 Å². The second-order valence-corrected chi connectivity index (χ2v) is 3.82. The Morgan fingerprint density at radius 1 is 1.28 bits per heavy atom. The van der Waals surface area contributed by atoms with Gasteiger partial charge in [0.2, 0.25) is 0 Å². The molecule has 1 aromatic carbocycles. The van der Waals surface area contributed by atoms with Gasteiger partial charge >= 0.3 is 0 Å². The van der Waals surface area contributed by atoms with Gasteiger partial charge in [-0.2, -0.15) is 0 Å². The average molecular weight is 254 g/mol. The van der Waals surface area contributed by atoms with Crippen LogP contribution in [-0.2, 0) is 9.47 Å². The minimum absolute atomic E-state index is 0.317. The first kappa shape index (κ1) is 13.0. The third-order valence-corrected chi connectivity index (χ3v) is 2.72. The molecule has 1 heterocycles. The molecular weight excluding hydrogens is 239 g/mol. The fraction of sp³-hybridized carbons (Fsp3) is 0.333. The Labute approximate surface area is 104 Å². The van der Waals surface area contributed by atoms with Crippen molar-refractivity contribution in [3.8, 4) is 0 Å². The number of rotatable bonds is 5. The van der Waals surface area contributed by atoms with Crippen LogP contribution in [0.15, 0.2) is 28.7 Å². The number of nitrogens with two attached hydrogens (primary N) is 1. The van der Waals surface area contributed by atoms with Crippen molar-refractivity contribution in [2.45, 2.75) is 12.3 Å². The highest BCUT2D eigenvalue weighted by Crippen LogP contribution is 2.27. The van der Waals surface area contributed by atoms with Crippen LogP contribution in [0, 0.1) is 5.82 Å². The minimum Gasteiger partial charge on any atom is -0.459 e. The number of hydrazine groups is 1. The van der Waals surface area contributed by atoms with Crippen molar-refractivity contribution in [2.24, 2.45) is 5.84 Å². The van der Waals surface area contributed by atoms with Crippen LogP contribution in [0.1, 0.15) is 11.8 Å². The molecule has 1 aromatic heterocycles. The number of fused-ring (bicyclic) bond motifs is 1. The van der Waals surface area contributed by atoms with E-state index >= 15 is 0 Å². The number of benzene rings is 1. The fourth-order valence-electron chi connectivity index (χ4n) is 1.85. The van der Waals surface area contributed by atoms with Crippen LogP contribution < -0.4 is 11.3 Å². The van der Waals surface area contributed by atoms with E-state index in [2.05, 4.69) is 5.43 Å². The molecule has 1 unspecified atom stereocenters. The molecule has 0 saturated carbocycles. The number of furan rings is 1. The highest BCUT2D eigenvalue weighted by Gasteiger charge is 2.25. The lowest BCUT2D eigenvalue weighted by Crippen LogP contribution is -2.38. The van der Waals surface area contributed by atoms with E-state index in [0.29, 0.717) is 16.7 Å². The molecule has 2 rings (SSSR count). The topological polar surface area (TPSA) is 69.7 Å². The van der Waals surface area contributed by atoms with Crippen LogP contribution >= 0.6 is 0 Å². The Kier molecular flexibility index (Phi) is 3.93. The van der Waals surface area contributed by atoms with Crippen LogP contribution in [0.2, 0.25) is 0 Å². The molecule has 0 bridgehead atoms. The summed E-state index contributed by atoms with van der Waals surface area (Å²) >= 11 is 0. The summed E-state index contributed by atoms with van der Waals surface area (Å²) in [6.07, 6.45) is -0.597. The molecule has 0 saturated heterocycles. The SMILES string of the molecule is COC(OC)C(NN)c1cc2cc(F)ccc2o1. The first-order chi connectivity index (χ1) is 8.69. The maximum atomic E-state index is 13.1. The van der Waals surface area contributed by atoms with Crippen LogP contribution in [0.5, 0.6) is 0 Å². The molecular formula is C12H15FN2O3. The normalized spacial score (nSPS) is 13.4. The largest absolute Gasteiger partial charge is 0.459 e. The number of hydrogen-bond acceptors (Lipinski definition) is 5. The van der Waals surface area contributed by atoms with Gasteiger partial charge in [0.05, 0.1) is 0 Å². The lowest BCUT2D eigenvalue weighted by Gasteiger charge is -2.21. The molecule has 5 nitrogen and oxygen atoms in total. The van der Waals surface area contributed by atoms with Crippen molar-refractivity contribution in [2.75, 3.05) is 14.2 Å². The Bertz CT molecular complexity index is 525. The molecule has 0 aliphatic carbocycles. The standard InChI is InChI=1S/C12H15FN2O3/c1-16-12(17-2)11(15-14)10-6-7-5-8(13)3-4-9(7)18-10/h3-6,11-12,15H,14H2,1-2H3. The summed E-state index contributed by atoms with van der Waals surface area (Å²) in [7, 11) is 3.00. The van der Waals surface area contributed by atoms with Crippen molar-refractivity contribution in [1.82, 2.24) is 5.43 Å². The van der Waals surface area contributed by atoms with Gasteiger partial charge in [0, 0.05) is 19.6 Å². The van der Waals surface area contributed by atoms with Crippen molar-refractivity contribution in [3.63, 3.8) is 0 Å². The van der Waals surface area contributed by atoms with Crippen molar-refractivity contribution in [1.29, 1.82) is 0 Å². The zero-order chi connectivity index (χ0) is 13.1. The van der Waals surface area contributed by atoms with E-state index in [-0.39, 0.29) is 5.82 Å². The zero-order valence-corrected chi connectivity index (χ0v) is 10.1. The van der Waals surface area contributed by atoms with Gasteiger partial charge in [-0.05, 0) is 24.3 Å². The molecule has 18 heavy (non-hydrogen) atoms. The van der Waals surface area contributed by atoms with E-state index in [1.165, 1.54) is 26.4 Å². The Morgan fingerprint density at radius 3 is 2.61 bits per heavy atom.